The fraction of sp³-hybridized carbons (Fsp3) is 0.897. The third-order valence-corrected chi connectivity index (χ3v) is 16.0. The Balaban J connectivity index is 1.12. The number of hydrogen-bond acceptors (Lipinski definition) is 11. The van der Waals surface area contributed by atoms with E-state index < -0.39 is 64.4 Å². The quantitative estimate of drug-likeness (QED) is 0.293. The van der Waals surface area contributed by atoms with Crippen LogP contribution in [0.15, 0.2) is 0 Å². The number of carboxylic acids is 1. The lowest BCUT2D eigenvalue weighted by atomic mass is 9.44. The predicted molar refractivity (Wildman–Crippen MR) is 180 cm³/mol. The summed E-state index contributed by atoms with van der Waals surface area (Å²) in [7, 11) is 0. The van der Waals surface area contributed by atoms with Gasteiger partial charge >= 0.3 is 5.97 Å². The summed E-state index contributed by atoms with van der Waals surface area (Å²) in [6.07, 6.45) is 3.47. The molecular formula is C39H58O12. The van der Waals surface area contributed by atoms with E-state index in [9.17, 15) is 39.6 Å². The molecule has 3 aliphatic heterocycles. The first-order valence-electron chi connectivity index (χ1n) is 19.3. The highest BCUT2D eigenvalue weighted by molar-refractivity contribution is 6.05. The van der Waals surface area contributed by atoms with Crippen molar-refractivity contribution >= 4 is 23.3 Å². The standard InChI is InChI=1S/C39H58O12/c1-19-10-15-36(48-18-19)20(2)30-29(50-36)17-28-26-9-8-24-16-25(11-13-34(24,6)27(26)12-14-35(28,30)7)49-39(23(5)42)38(47,22(4)41)37(46,21(3)40)32(43)31(51-39)33(44)45/h19-20,24-32,43,46-47H,8-18H2,1-7H3,(H,44,45)/t19-,20+,24+,25+,26-,27+,28+,29+,30+,31+,32-,34+,35+,36-,37+,38-,39-/m1/s1. The Morgan fingerprint density at radius 2 is 1.47 bits per heavy atom. The molecule has 12 heteroatoms. The molecular weight excluding hydrogens is 660 g/mol. The van der Waals surface area contributed by atoms with Crippen molar-refractivity contribution in [3.8, 4) is 0 Å². The third-order valence-electron chi connectivity index (χ3n) is 16.0. The minimum absolute atomic E-state index is 0.0360. The Morgan fingerprint density at radius 3 is 2.06 bits per heavy atom. The van der Waals surface area contributed by atoms with E-state index in [0.717, 1.165) is 78.7 Å². The molecule has 3 heterocycles. The van der Waals surface area contributed by atoms with Gasteiger partial charge in [-0.25, -0.2) is 4.79 Å². The average molecular weight is 719 g/mol. The molecule has 17 atom stereocenters. The molecule has 0 aromatic carbocycles. The number of carbonyl (C=O) groups excluding carboxylic acids is 3. The van der Waals surface area contributed by atoms with Gasteiger partial charge in [-0.3, -0.25) is 14.4 Å². The number of ketones is 3. The lowest BCUT2D eigenvalue weighted by Crippen LogP contribution is -2.86. The van der Waals surface area contributed by atoms with Crippen molar-refractivity contribution in [3.63, 3.8) is 0 Å². The number of rotatable bonds is 6. The van der Waals surface area contributed by atoms with Gasteiger partial charge in [0.15, 0.2) is 34.8 Å². The number of fused-ring (bicyclic) bond motifs is 7. The predicted octanol–water partition coefficient (Wildman–Crippen LogP) is 3.59. The summed E-state index contributed by atoms with van der Waals surface area (Å²) in [6, 6.07) is 0. The molecule has 0 amide bonds. The van der Waals surface area contributed by atoms with Crippen LogP contribution in [-0.4, -0.2) is 97.5 Å². The van der Waals surface area contributed by atoms with E-state index in [1.54, 1.807) is 0 Å². The second kappa shape index (κ2) is 12.1. The monoisotopic (exact) mass is 718 g/mol. The lowest BCUT2D eigenvalue weighted by molar-refractivity contribution is -0.389. The van der Waals surface area contributed by atoms with Gasteiger partial charge in [-0.1, -0.05) is 27.7 Å². The van der Waals surface area contributed by atoms with Crippen molar-refractivity contribution in [2.45, 2.75) is 160 Å². The molecule has 0 aromatic heterocycles. The number of carboxylic acid groups (broad SMARTS) is 1. The number of hydrogen-bond donors (Lipinski definition) is 4. The maximum absolute atomic E-state index is 13.5. The Labute approximate surface area is 300 Å². The van der Waals surface area contributed by atoms with E-state index >= 15 is 0 Å². The summed E-state index contributed by atoms with van der Waals surface area (Å²) < 4.78 is 25.3. The molecule has 0 bridgehead atoms. The molecule has 1 spiro atoms. The van der Waals surface area contributed by atoms with E-state index in [1.165, 1.54) is 0 Å². The highest BCUT2D eigenvalue weighted by Crippen LogP contribution is 2.71. The molecule has 12 nitrogen and oxygen atoms in total. The Morgan fingerprint density at radius 1 is 0.784 bits per heavy atom. The van der Waals surface area contributed by atoms with Crippen LogP contribution in [0.25, 0.3) is 0 Å². The van der Waals surface area contributed by atoms with Crippen LogP contribution in [-0.2, 0) is 38.1 Å². The fourth-order valence-corrected chi connectivity index (χ4v) is 13.3. The SMILES string of the molecule is CC(=O)[C@@]1(O[C@H]2CC[C@@]3(C)[C@@H](CC[C@@H]4[C@@H]3CC[C@]3(C)[C@@H]5[C@H](C[C@@H]43)O[C@]3(CC[C@@H](C)CO3)[C@H]5C)C2)O[C@H](C(=O)O)[C@@H](O)[C@@](O)(C(C)=O)[C@]1(O)C(C)=O. The highest BCUT2D eigenvalue weighted by atomic mass is 16.7. The molecule has 4 saturated carbocycles. The van der Waals surface area contributed by atoms with Gasteiger partial charge in [-0.05, 0) is 118 Å². The maximum Gasteiger partial charge on any atom is 0.335 e. The molecule has 0 radical (unpaired) electrons. The second-order valence-electron chi connectivity index (χ2n) is 18.3. The summed E-state index contributed by atoms with van der Waals surface area (Å²) in [5.74, 6) is -5.89. The zero-order valence-corrected chi connectivity index (χ0v) is 31.2. The summed E-state index contributed by atoms with van der Waals surface area (Å²) in [5, 5.41) is 44.4. The van der Waals surface area contributed by atoms with Crippen molar-refractivity contribution in [1.29, 1.82) is 0 Å². The minimum Gasteiger partial charge on any atom is -0.479 e. The zero-order valence-electron chi connectivity index (χ0n) is 31.2. The first-order chi connectivity index (χ1) is 23.7. The van der Waals surface area contributed by atoms with Crippen LogP contribution < -0.4 is 0 Å². The van der Waals surface area contributed by atoms with Crippen molar-refractivity contribution in [3.05, 3.63) is 0 Å². The number of aliphatic hydroxyl groups excluding tert-OH is 1. The Bertz CT molecular complexity index is 1470. The highest BCUT2D eigenvalue weighted by Gasteiger charge is 2.80. The number of ether oxygens (including phenoxy) is 4. The van der Waals surface area contributed by atoms with Crippen LogP contribution in [0.4, 0.5) is 0 Å². The van der Waals surface area contributed by atoms with Crippen LogP contribution in [0.1, 0.15) is 113 Å². The van der Waals surface area contributed by atoms with Crippen LogP contribution in [0.2, 0.25) is 0 Å². The Kier molecular flexibility index (Phi) is 8.90. The van der Waals surface area contributed by atoms with Crippen LogP contribution in [0.5, 0.6) is 0 Å². The molecule has 7 rings (SSSR count). The Hall–Kier alpha value is -1.80. The number of Topliss-reactive ketones (excluding diaryl/α,β-unsaturated/α-hetero) is 3. The van der Waals surface area contributed by atoms with Gasteiger partial charge in [0.2, 0.25) is 5.60 Å². The van der Waals surface area contributed by atoms with Gasteiger partial charge < -0.3 is 39.4 Å². The van der Waals surface area contributed by atoms with Crippen molar-refractivity contribution < 1.29 is 58.6 Å². The summed E-state index contributed by atoms with van der Waals surface area (Å²) in [5.41, 5.74) is -6.68. The van der Waals surface area contributed by atoms with Gasteiger partial charge in [-0.15, -0.1) is 0 Å². The molecule has 4 aliphatic carbocycles. The summed E-state index contributed by atoms with van der Waals surface area (Å²) in [6.45, 7) is 12.8. The maximum atomic E-state index is 13.5. The smallest absolute Gasteiger partial charge is 0.335 e. The summed E-state index contributed by atoms with van der Waals surface area (Å²) in [4.78, 5) is 51.9. The number of aliphatic carboxylic acids is 1. The number of aliphatic hydroxyl groups is 3. The molecule has 4 N–H and O–H groups in total. The molecule has 7 aliphatic rings. The first-order valence-corrected chi connectivity index (χ1v) is 19.3. The van der Waals surface area contributed by atoms with Crippen LogP contribution >= 0.6 is 0 Å². The molecule has 7 fully saturated rings. The fourth-order valence-electron chi connectivity index (χ4n) is 13.3. The lowest BCUT2D eigenvalue weighted by Gasteiger charge is -2.62. The van der Waals surface area contributed by atoms with E-state index in [0.29, 0.717) is 48.3 Å². The van der Waals surface area contributed by atoms with Crippen molar-refractivity contribution in [2.75, 3.05) is 6.61 Å². The van der Waals surface area contributed by atoms with E-state index in [-0.39, 0.29) is 22.9 Å². The van der Waals surface area contributed by atoms with E-state index in [4.69, 9.17) is 18.9 Å². The topological polar surface area (TPSA) is 186 Å². The van der Waals surface area contributed by atoms with Gasteiger partial charge in [-0.2, -0.15) is 0 Å². The third kappa shape index (κ3) is 4.81. The van der Waals surface area contributed by atoms with E-state index in [1.807, 2.05) is 0 Å². The van der Waals surface area contributed by atoms with Gasteiger partial charge in [0.1, 0.15) is 6.10 Å². The van der Waals surface area contributed by atoms with Crippen molar-refractivity contribution in [1.82, 2.24) is 0 Å². The second-order valence-corrected chi connectivity index (χ2v) is 18.3. The largest absolute Gasteiger partial charge is 0.479 e. The number of carbonyl (C=O) groups is 4. The van der Waals surface area contributed by atoms with Gasteiger partial charge in [0.25, 0.3) is 5.79 Å². The molecule has 3 saturated heterocycles. The average Bonchev–Trinajstić information content (AvgIpc) is 3.51. The normalized spacial score (nSPS) is 54.9. The molecule has 0 aromatic rings. The molecule has 0 unspecified atom stereocenters. The van der Waals surface area contributed by atoms with Crippen LogP contribution in [0, 0.1) is 52.3 Å². The molecule has 51 heavy (non-hydrogen) atoms. The molecule has 286 valence electrons. The summed E-state index contributed by atoms with van der Waals surface area (Å²) >= 11 is 0. The van der Waals surface area contributed by atoms with Crippen molar-refractivity contribution in [2.24, 2.45) is 52.3 Å². The van der Waals surface area contributed by atoms with Gasteiger partial charge in [0.05, 0.1) is 18.8 Å². The van der Waals surface area contributed by atoms with Crippen LogP contribution in [0.3, 0.4) is 0 Å². The minimum atomic E-state index is -3.42. The first kappa shape index (κ1) is 37.5. The zero-order chi connectivity index (χ0) is 37.3. The van der Waals surface area contributed by atoms with Gasteiger partial charge in [0, 0.05) is 19.3 Å². The van der Waals surface area contributed by atoms with E-state index in [2.05, 4.69) is 27.7 Å².